The number of ether oxygens (including phenoxy) is 1. The Bertz CT molecular complexity index is 917. The maximum absolute atomic E-state index is 9.22. The number of halogens is 1. The molecule has 0 aliphatic rings. The van der Waals surface area contributed by atoms with Gasteiger partial charge in [-0.3, -0.25) is 4.68 Å². The molecule has 1 aromatic carbocycles. The summed E-state index contributed by atoms with van der Waals surface area (Å²) in [5, 5.41) is 14.8. The molecule has 8 heteroatoms. The highest BCUT2D eigenvalue weighted by molar-refractivity contribution is 6.30. The van der Waals surface area contributed by atoms with Crippen molar-refractivity contribution in [1.29, 1.82) is 5.26 Å². The van der Waals surface area contributed by atoms with E-state index in [1.165, 1.54) is 0 Å². The Hall–Kier alpha value is -2.69. The van der Waals surface area contributed by atoms with Crippen LogP contribution < -0.4 is 10.5 Å². The second-order valence-electron chi connectivity index (χ2n) is 5.25. The van der Waals surface area contributed by atoms with E-state index in [-0.39, 0.29) is 0 Å². The van der Waals surface area contributed by atoms with Gasteiger partial charge in [-0.05, 0) is 18.7 Å². The smallest absolute Gasteiger partial charge is 0.184 e. The number of aromatic nitrogens is 4. The van der Waals surface area contributed by atoms with Crippen molar-refractivity contribution >= 4 is 22.6 Å². The van der Waals surface area contributed by atoms with Gasteiger partial charge in [-0.25, -0.2) is 9.97 Å². The molecule has 0 bridgehead atoms. The lowest BCUT2D eigenvalue weighted by molar-refractivity contribution is 0.187. The Balaban J connectivity index is 1.97. The van der Waals surface area contributed by atoms with E-state index >= 15 is 0 Å². The van der Waals surface area contributed by atoms with Crippen LogP contribution in [0.4, 0.5) is 0 Å². The molecule has 7 nitrogen and oxygen atoms in total. The van der Waals surface area contributed by atoms with Crippen molar-refractivity contribution in [2.24, 2.45) is 12.8 Å². The molecule has 0 saturated heterocycles. The molecule has 1 atom stereocenters. The molecule has 0 amide bonds. The van der Waals surface area contributed by atoms with Crippen molar-refractivity contribution < 1.29 is 4.74 Å². The van der Waals surface area contributed by atoms with Crippen molar-refractivity contribution in [3.63, 3.8) is 0 Å². The molecule has 0 fully saturated rings. The highest BCUT2D eigenvalue weighted by Gasteiger charge is 2.19. The van der Waals surface area contributed by atoms with Gasteiger partial charge in [-0.2, -0.15) is 10.4 Å². The molecule has 3 rings (SSSR count). The first kappa shape index (κ1) is 16.2. The zero-order valence-corrected chi connectivity index (χ0v) is 13.7. The monoisotopic (exact) mass is 342 g/mol. The Kier molecular flexibility index (Phi) is 4.60. The minimum Gasteiger partial charge on any atom is -0.481 e. The summed E-state index contributed by atoms with van der Waals surface area (Å²) in [5.74, 6) is 0.851. The van der Waals surface area contributed by atoms with Crippen LogP contribution in [0.25, 0.3) is 11.0 Å². The SMILES string of the molecule is Cn1cc2cnc(C(CCN)Oc3cc(Cl)ccc3C#N)nc2n1. The number of nitrogens with two attached hydrogens (primary N) is 1. The third-order valence-corrected chi connectivity index (χ3v) is 3.68. The topological polar surface area (TPSA) is 103 Å². The van der Waals surface area contributed by atoms with Gasteiger partial charge in [0.05, 0.1) is 10.9 Å². The minimum absolute atomic E-state index is 0.383. The van der Waals surface area contributed by atoms with Gasteiger partial charge in [-0.1, -0.05) is 11.6 Å². The first-order chi connectivity index (χ1) is 11.6. The van der Waals surface area contributed by atoms with Crippen LogP contribution in [0.3, 0.4) is 0 Å². The molecule has 0 radical (unpaired) electrons. The van der Waals surface area contributed by atoms with Crippen molar-refractivity contribution in [3.8, 4) is 11.8 Å². The van der Waals surface area contributed by atoms with E-state index in [0.717, 1.165) is 5.39 Å². The molecule has 2 aromatic heterocycles. The van der Waals surface area contributed by atoms with Crippen molar-refractivity contribution in [2.45, 2.75) is 12.5 Å². The van der Waals surface area contributed by atoms with Crippen molar-refractivity contribution in [3.05, 3.63) is 47.0 Å². The predicted molar refractivity (Wildman–Crippen MR) is 89.5 cm³/mol. The maximum atomic E-state index is 9.22. The number of fused-ring (bicyclic) bond motifs is 1. The van der Waals surface area contributed by atoms with Gasteiger partial charge in [0.15, 0.2) is 17.6 Å². The van der Waals surface area contributed by atoms with Crippen LogP contribution in [0.2, 0.25) is 5.02 Å². The first-order valence-corrected chi connectivity index (χ1v) is 7.71. The van der Waals surface area contributed by atoms with Crippen LogP contribution >= 0.6 is 11.6 Å². The quantitative estimate of drug-likeness (QED) is 0.763. The Labute approximate surface area is 143 Å². The third kappa shape index (κ3) is 3.30. The third-order valence-electron chi connectivity index (χ3n) is 3.44. The average molecular weight is 343 g/mol. The molecule has 0 aliphatic carbocycles. The van der Waals surface area contributed by atoms with E-state index < -0.39 is 6.10 Å². The van der Waals surface area contributed by atoms with E-state index in [9.17, 15) is 5.26 Å². The summed E-state index contributed by atoms with van der Waals surface area (Å²) in [6.45, 7) is 0.386. The molecular formula is C16H15ClN6O. The maximum Gasteiger partial charge on any atom is 0.184 e. The van der Waals surface area contributed by atoms with Crippen LogP contribution in [-0.2, 0) is 7.05 Å². The van der Waals surface area contributed by atoms with Crippen molar-refractivity contribution in [1.82, 2.24) is 19.7 Å². The van der Waals surface area contributed by atoms with Crippen LogP contribution in [0.1, 0.15) is 23.9 Å². The molecule has 122 valence electrons. The van der Waals surface area contributed by atoms with E-state index in [2.05, 4.69) is 21.1 Å². The molecule has 0 saturated carbocycles. The summed E-state index contributed by atoms with van der Waals surface area (Å²) in [4.78, 5) is 8.80. The fraction of sp³-hybridized carbons (Fsp3) is 0.250. The highest BCUT2D eigenvalue weighted by Crippen LogP contribution is 2.28. The van der Waals surface area contributed by atoms with Crippen molar-refractivity contribution in [2.75, 3.05) is 6.54 Å². The average Bonchev–Trinajstić information content (AvgIpc) is 2.93. The summed E-state index contributed by atoms with van der Waals surface area (Å²) in [7, 11) is 1.82. The molecule has 24 heavy (non-hydrogen) atoms. The lowest BCUT2D eigenvalue weighted by Crippen LogP contribution is -2.16. The molecule has 3 aromatic rings. The Morgan fingerprint density at radius 3 is 3.04 bits per heavy atom. The molecule has 1 unspecified atom stereocenters. The molecular weight excluding hydrogens is 328 g/mol. The fourth-order valence-electron chi connectivity index (χ4n) is 2.33. The minimum atomic E-state index is -0.494. The second kappa shape index (κ2) is 6.83. The first-order valence-electron chi connectivity index (χ1n) is 7.33. The van der Waals surface area contributed by atoms with Gasteiger partial charge in [0.1, 0.15) is 11.8 Å². The highest BCUT2D eigenvalue weighted by atomic mass is 35.5. The number of hydrogen-bond acceptors (Lipinski definition) is 6. The van der Waals surface area contributed by atoms with Gasteiger partial charge in [0.2, 0.25) is 0 Å². The number of aryl methyl sites for hydroxylation is 1. The van der Waals surface area contributed by atoms with Crippen LogP contribution in [0.5, 0.6) is 5.75 Å². The van der Waals surface area contributed by atoms with E-state index in [4.69, 9.17) is 22.1 Å². The summed E-state index contributed by atoms with van der Waals surface area (Å²) in [6, 6.07) is 6.93. The lowest BCUT2D eigenvalue weighted by Gasteiger charge is -2.18. The Morgan fingerprint density at radius 1 is 1.46 bits per heavy atom. The van der Waals surface area contributed by atoms with E-state index in [1.807, 2.05) is 13.2 Å². The van der Waals surface area contributed by atoms with Crippen LogP contribution in [0, 0.1) is 11.3 Å². The molecule has 2 heterocycles. The second-order valence-corrected chi connectivity index (χ2v) is 5.68. The van der Waals surface area contributed by atoms with E-state index in [0.29, 0.717) is 40.8 Å². The summed E-state index contributed by atoms with van der Waals surface area (Å²) < 4.78 is 7.63. The zero-order chi connectivity index (χ0) is 17.1. The van der Waals surface area contributed by atoms with Gasteiger partial charge >= 0.3 is 0 Å². The largest absolute Gasteiger partial charge is 0.481 e. The standard InChI is InChI=1S/C16H15ClN6O/c1-23-9-11-8-20-16(21-15(11)22-23)13(4-5-18)24-14-6-12(17)3-2-10(14)7-19/h2-3,6,8-9,13H,4-5,18H2,1H3. The zero-order valence-electron chi connectivity index (χ0n) is 13.0. The number of nitriles is 1. The molecule has 0 aliphatic heterocycles. The lowest BCUT2D eigenvalue weighted by atomic mass is 10.2. The van der Waals surface area contributed by atoms with Gasteiger partial charge < -0.3 is 10.5 Å². The van der Waals surface area contributed by atoms with Gasteiger partial charge in [0, 0.05) is 37.0 Å². The number of nitrogens with zero attached hydrogens (tertiary/aromatic N) is 5. The number of benzene rings is 1. The normalized spacial score (nSPS) is 12.1. The van der Waals surface area contributed by atoms with Gasteiger partial charge in [0.25, 0.3) is 0 Å². The van der Waals surface area contributed by atoms with Crippen LogP contribution in [-0.4, -0.2) is 26.3 Å². The van der Waals surface area contributed by atoms with Gasteiger partial charge in [-0.15, -0.1) is 0 Å². The Morgan fingerprint density at radius 2 is 2.29 bits per heavy atom. The predicted octanol–water partition coefficient (Wildman–Crippen LogP) is 2.36. The molecule has 2 N–H and O–H groups in total. The summed E-state index contributed by atoms with van der Waals surface area (Å²) in [6.07, 6.45) is 3.53. The number of hydrogen-bond donors (Lipinski definition) is 1. The molecule has 0 spiro atoms. The van der Waals surface area contributed by atoms with Crippen LogP contribution in [0.15, 0.2) is 30.6 Å². The summed E-state index contributed by atoms with van der Waals surface area (Å²) in [5.41, 5.74) is 6.66. The number of rotatable bonds is 5. The fourth-order valence-corrected chi connectivity index (χ4v) is 2.49. The summed E-state index contributed by atoms with van der Waals surface area (Å²) >= 11 is 6.00. The van der Waals surface area contributed by atoms with E-state index in [1.54, 1.807) is 29.1 Å².